The van der Waals surface area contributed by atoms with Gasteiger partial charge in [0.15, 0.2) is 0 Å². The van der Waals surface area contributed by atoms with Gasteiger partial charge in [-0.05, 0) is 12.1 Å². The fourth-order valence-electron chi connectivity index (χ4n) is 1.09. The molecule has 0 bridgehead atoms. The Morgan fingerprint density at radius 1 is 1.29 bits per heavy atom. The third kappa shape index (κ3) is 5.35. The summed E-state index contributed by atoms with van der Waals surface area (Å²) in [5, 5.41) is 18.0. The second-order valence-corrected chi connectivity index (χ2v) is 3.10. The first-order valence-electron chi connectivity index (χ1n) is 4.89. The van der Waals surface area contributed by atoms with Gasteiger partial charge in [-0.2, -0.15) is 0 Å². The van der Waals surface area contributed by atoms with Crippen molar-refractivity contribution in [2.45, 2.75) is 13.3 Å². The van der Waals surface area contributed by atoms with E-state index in [2.05, 4.69) is 4.98 Å². The van der Waals surface area contributed by atoms with E-state index in [0.717, 1.165) is 5.39 Å². The Morgan fingerprint density at radius 3 is 2.41 bits per heavy atom. The zero-order chi connectivity index (χ0) is 12.0. The number of aliphatic carboxylic acids is 1. The molecule has 2 rings (SSSR count). The summed E-state index contributed by atoms with van der Waals surface area (Å²) >= 11 is 0. The first kappa shape index (κ1) is 16.2. The molecule has 0 radical (unpaired) electrons. The average molecular weight is 261 g/mol. The van der Waals surface area contributed by atoms with Gasteiger partial charge in [0.05, 0.1) is 0 Å². The maximum absolute atomic E-state index is 9.37. The molecule has 4 nitrogen and oxygen atoms in total. The van der Waals surface area contributed by atoms with Gasteiger partial charge in [-0.1, -0.05) is 25.1 Å². The Balaban J connectivity index is 0.000000373. The molecule has 1 aromatic heterocycles. The number of benzene rings is 1. The van der Waals surface area contributed by atoms with E-state index in [9.17, 15) is 9.90 Å². The number of fused-ring (bicyclic) bond motifs is 1. The Labute approximate surface area is 129 Å². The number of hydrogen-bond acceptors (Lipinski definition) is 3. The van der Waals surface area contributed by atoms with Crippen LogP contribution >= 0.6 is 0 Å². The number of aromatic hydroxyl groups is 1. The molecule has 0 aliphatic rings. The second-order valence-electron chi connectivity index (χ2n) is 3.10. The number of hydrogen-bond donors (Lipinski definition) is 2. The summed E-state index contributed by atoms with van der Waals surface area (Å²) in [7, 11) is 0. The minimum atomic E-state index is -0.745. The van der Waals surface area contributed by atoms with Crippen molar-refractivity contribution in [1.29, 1.82) is 0 Å². The molecule has 0 atom stereocenters. The molecule has 0 saturated heterocycles. The molecule has 1 heterocycles. The van der Waals surface area contributed by atoms with Crippen LogP contribution in [0.1, 0.15) is 13.3 Å². The number of para-hydroxylation sites is 1. The summed E-state index contributed by atoms with van der Waals surface area (Å²) in [6, 6.07) is 9.13. The topological polar surface area (TPSA) is 70.4 Å². The quantitative estimate of drug-likeness (QED) is 0.763. The zero-order valence-electron chi connectivity index (χ0n) is 8.92. The van der Waals surface area contributed by atoms with Gasteiger partial charge in [0.1, 0.15) is 11.3 Å². The van der Waals surface area contributed by atoms with Gasteiger partial charge in [-0.15, -0.1) is 0 Å². The minimum absolute atomic E-state index is 0. The summed E-state index contributed by atoms with van der Waals surface area (Å²) < 4.78 is 0. The molecule has 5 heteroatoms. The van der Waals surface area contributed by atoms with Gasteiger partial charge in [0.25, 0.3) is 0 Å². The van der Waals surface area contributed by atoms with Gasteiger partial charge in [0, 0.05) is 18.0 Å². The first-order valence-corrected chi connectivity index (χ1v) is 4.89. The molecule has 2 aromatic rings. The van der Waals surface area contributed by atoms with Crippen LogP contribution in [0.2, 0.25) is 0 Å². The van der Waals surface area contributed by atoms with E-state index < -0.39 is 5.97 Å². The molecular weight excluding hydrogens is 246 g/mol. The maximum atomic E-state index is 9.37. The second kappa shape index (κ2) is 8.28. The van der Waals surface area contributed by atoms with Crippen molar-refractivity contribution >= 4 is 54.6 Å². The van der Waals surface area contributed by atoms with E-state index in [1.165, 1.54) is 0 Å². The van der Waals surface area contributed by atoms with Crippen LogP contribution in [0.25, 0.3) is 10.9 Å². The number of carboxylic acids is 1. The molecule has 2 N–H and O–H groups in total. The normalized spacial score (nSPS) is 8.76. The fraction of sp³-hybridized carbons (Fsp3) is 0.167. The molecule has 0 fully saturated rings. The Hall–Kier alpha value is -0.840. The van der Waals surface area contributed by atoms with Crippen LogP contribution in [0.3, 0.4) is 0 Å². The summed E-state index contributed by atoms with van der Waals surface area (Å²) in [6.07, 6.45) is 1.89. The van der Waals surface area contributed by atoms with E-state index in [0.29, 0.717) is 5.52 Å². The molecule has 0 amide bonds. The molecule has 0 spiro atoms. The van der Waals surface area contributed by atoms with Crippen LogP contribution in [-0.4, -0.2) is 58.9 Å². The van der Waals surface area contributed by atoms with Crippen molar-refractivity contribution in [2.24, 2.45) is 0 Å². The van der Waals surface area contributed by atoms with E-state index in [1.807, 2.05) is 18.2 Å². The van der Waals surface area contributed by atoms with Gasteiger partial charge in [-0.25, -0.2) is 0 Å². The predicted molar refractivity (Wildman–Crippen MR) is 69.9 cm³/mol. The van der Waals surface area contributed by atoms with Crippen molar-refractivity contribution in [2.75, 3.05) is 0 Å². The number of pyridine rings is 1. The number of phenols is 1. The van der Waals surface area contributed by atoms with Crippen LogP contribution in [-0.2, 0) is 4.79 Å². The van der Waals surface area contributed by atoms with E-state index in [1.54, 1.807) is 25.3 Å². The monoisotopic (exact) mass is 261 g/mol. The molecule has 0 aliphatic carbocycles. The van der Waals surface area contributed by atoms with Crippen LogP contribution in [0.15, 0.2) is 36.5 Å². The molecular formula is C12H15CaNO3. The van der Waals surface area contributed by atoms with Crippen molar-refractivity contribution in [3.8, 4) is 5.75 Å². The fourth-order valence-corrected chi connectivity index (χ4v) is 1.09. The summed E-state index contributed by atoms with van der Waals surface area (Å²) in [5.41, 5.74) is 0.662. The summed E-state index contributed by atoms with van der Waals surface area (Å²) in [6.45, 7) is 1.60. The first-order chi connectivity index (χ1) is 7.65. The third-order valence-corrected chi connectivity index (χ3v) is 1.91. The van der Waals surface area contributed by atoms with Crippen LogP contribution < -0.4 is 0 Å². The van der Waals surface area contributed by atoms with Crippen molar-refractivity contribution in [3.05, 3.63) is 36.5 Å². The SMILES string of the molecule is CCC(=O)O.Oc1cccc2cccnc12.[CaH2]. The van der Waals surface area contributed by atoms with E-state index >= 15 is 0 Å². The van der Waals surface area contributed by atoms with Crippen LogP contribution in [0, 0.1) is 0 Å². The molecule has 0 saturated carbocycles. The van der Waals surface area contributed by atoms with Gasteiger partial charge in [0.2, 0.25) is 0 Å². The van der Waals surface area contributed by atoms with E-state index in [4.69, 9.17) is 5.11 Å². The third-order valence-electron chi connectivity index (χ3n) is 1.91. The Morgan fingerprint density at radius 2 is 1.88 bits per heavy atom. The van der Waals surface area contributed by atoms with Gasteiger partial charge < -0.3 is 10.2 Å². The summed E-state index contributed by atoms with van der Waals surface area (Å²) in [5.74, 6) is -0.506. The van der Waals surface area contributed by atoms with Crippen molar-refractivity contribution < 1.29 is 15.0 Å². The molecule has 17 heavy (non-hydrogen) atoms. The number of aromatic nitrogens is 1. The average Bonchev–Trinajstić information content (AvgIpc) is 2.30. The van der Waals surface area contributed by atoms with Crippen molar-refractivity contribution in [3.63, 3.8) is 0 Å². The Kier molecular flexibility index (Phi) is 7.87. The van der Waals surface area contributed by atoms with Crippen LogP contribution in [0.4, 0.5) is 0 Å². The molecule has 0 aliphatic heterocycles. The van der Waals surface area contributed by atoms with E-state index in [-0.39, 0.29) is 49.9 Å². The Bertz CT molecular complexity index is 483. The number of carbonyl (C=O) groups is 1. The number of rotatable bonds is 1. The van der Waals surface area contributed by atoms with Crippen molar-refractivity contribution in [1.82, 2.24) is 4.98 Å². The predicted octanol–water partition coefficient (Wildman–Crippen LogP) is 1.51. The molecule has 88 valence electrons. The number of carboxylic acid groups (broad SMARTS) is 1. The zero-order valence-corrected chi connectivity index (χ0v) is 8.92. The van der Waals surface area contributed by atoms with Crippen LogP contribution in [0.5, 0.6) is 5.75 Å². The standard InChI is InChI=1S/C9H7NO.C3H6O2.Ca.2H/c11-8-5-1-3-7-4-2-6-10-9(7)8;1-2-3(4)5;;;/h1-6,11H;2H2,1H3,(H,4,5);;;. The number of phenolic OH excluding ortho intramolecular Hbond substituents is 1. The van der Waals surface area contributed by atoms with Gasteiger partial charge in [-0.3, -0.25) is 9.78 Å². The molecule has 1 aromatic carbocycles. The van der Waals surface area contributed by atoms with Gasteiger partial charge >= 0.3 is 43.7 Å². The summed E-state index contributed by atoms with van der Waals surface area (Å²) in [4.78, 5) is 13.4. The number of nitrogens with zero attached hydrogens (tertiary/aromatic N) is 1. The molecule has 0 unspecified atom stereocenters.